The molecule has 3 N–H and O–H groups in total. The van der Waals surface area contributed by atoms with E-state index in [-0.39, 0.29) is 12.1 Å². The highest BCUT2D eigenvalue weighted by molar-refractivity contribution is 5.14. The van der Waals surface area contributed by atoms with Crippen LogP contribution in [0.25, 0.3) is 0 Å². The Morgan fingerprint density at radius 2 is 1.90 bits per heavy atom. The molecule has 1 aromatic carbocycles. The second-order valence-electron chi connectivity index (χ2n) is 6.12. The van der Waals surface area contributed by atoms with E-state index in [1.54, 1.807) is 0 Å². The molecule has 0 radical (unpaired) electrons. The number of nitrogens with two attached hydrogens (primary N) is 1. The van der Waals surface area contributed by atoms with Crippen molar-refractivity contribution in [2.24, 2.45) is 11.8 Å². The smallest absolute Gasteiger partial charge is 0.0769 e. The van der Waals surface area contributed by atoms with Crippen LogP contribution in [0.3, 0.4) is 0 Å². The topological polar surface area (TPSA) is 47.3 Å². The molecule has 2 atom stereocenters. The monoisotopic (exact) mass is 290 g/mol. The fourth-order valence-electron chi connectivity index (χ4n) is 3.55. The van der Waals surface area contributed by atoms with Crippen molar-refractivity contribution in [3.05, 3.63) is 35.9 Å². The third kappa shape index (κ3) is 5.10. The van der Waals surface area contributed by atoms with Gasteiger partial charge < -0.3 is 4.74 Å². The minimum atomic E-state index is 0.244. The second kappa shape index (κ2) is 9.19. The first-order chi connectivity index (χ1) is 10.3. The van der Waals surface area contributed by atoms with E-state index in [9.17, 15) is 0 Å². The zero-order chi connectivity index (χ0) is 14.9. The SMILES string of the molecule is CCOC(C1CCCCC1)C(CCc1ccccc1)NN. The summed E-state index contributed by atoms with van der Waals surface area (Å²) in [4.78, 5) is 0. The fraction of sp³-hybridized carbons (Fsp3) is 0.667. The summed E-state index contributed by atoms with van der Waals surface area (Å²) < 4.78 is 6.08. The molecule has 0 amide bonds. The highest BCUT2D eigenvalue weighted by Crippen LogP contribution is 2.30. The van der Waals surface area contributed by atoms with Crippen LogP contribution < -0.4 is 11.3 Å². The van der Waals surface area contributed by atoms with Crippen LogP contribution in [0, 0.1) is 5.92 Å². The molecular formula is C18H30N2O. The molecule has 0 aromatic heterocycles. The van der Waals surface area contributed by atoms with E-state index in [1.165, 1.54) is 37.7 Å². The van der Waals surface area contributed by atoms with Crippen molar-refractivity contribution < 1.29 is 4.74 Å². The molecule has 0 bridgehead atoms. The lowest BCUT2D eigenvalue weighted by Crippen LogP contribution is -2.49. The van der Waals surface area contributed by atoms with Gasteiger partial charge in [-0.15, -0.1) is 0 Å². The minimum absolute atomic E-state index is 0.244. The first kappa shape index (κ1) is 16.5. The number of nitrogens with one attached hydrogen (secondary N) is 1. The first-order valence-corrected chi connectivity index (χ1v) is 8.46. The Balaban J connectivity index is 1.94. The van der Waals surface area contributed by atoms with Crippen LogP contribution in [0.15, 0.2) is 30.3 Å². The Morgan fingerprint density at radius 3 is 2.52 bits per heavy atom. The number of benzene rings is 1. The van der Waals surface area contributed by atoms with Gasteiger partial charge in [-0.05, 0) is 44.1 Å². The van der Waals surface area contributed by atoms with E-state index < -0.39 is 0 Å². The Bertz CT molecular complexity index is 376. The van der Waals surface area contributed by atoms with E-state index in [2.05, 4.69) is 42.7 Å². The third-order valence-corrected chi connectivity index (χ3v) is 4.67. The van der Waals surface area contributed by atoms with Crippen LogP contribution in [0.5, 0.6) is 0 Å². The quantitative estimate of drug-likeness (QED) is 0.569. The Hall–Kier alpha value is -0.900. The molecule has 2 rings (SSSR count). The highest BCUT2D eigenvalue weighted by atomic mass is 16.5. The predicted octanol–water partition coefficient (Wildman–Crippen LogP) is 3.44. The van der Waals surface area contributed by atoms with Crippen molar-refractivity contribution in [2.75, 3.05) is 6.61 Å². The summed E-state index contributed by atoms with van der Waals surface area (Å²) in [5.74, 6) is 6.51. The van der Waals surface area contributed by atoms with Crippen molar-refractivity contribution in [1.82, 2.24) is 5.43 Å². The zero-order valence-corrected chi connectivity index (χ0v) is 13.3. The molecule has 1 aliphatic rings. The molecule has 0 aliphatic heterocycles. The summed E-state index contributed by atoms with van der Waals surface area (Å²) in [6.45, 7) is 2.85. The molecule has 0 spiro atoms. The Labute approximate surface area is 129 Å². The Kier molecular flexibility index (Phi) is 7.20. The maximum Gasteiger partial charge on any atom is 0.0769 e. The van der Waals surface area contributed by atoms with Crippen LogP contribution in [-0.2, 0) is 11.2 Å². The molecule has 3 nitrogen and oxygen atoms in total. The molecule has 0 saturated heterocycles. The molecular weight excluding hydrogens is 260 g/mol. The number of aryl methyl sites for hydroxylation is 1. The van der Waals surface area contributed by atoms with Gasteiger partial charge in [0.1, 0.15) is 0 Å². The minimum Gasteiger partial charge on any atom is -0.377 e. The van der Waals surface area contributed by atoms with Crippen molar-refractivity contribution in [3.63, 3.8) is 0 Å². The molecule has 0 heterocycles. The summed E-state index contributed by atoms with van der Waals surface area (Å²) in [5.41, 5.74) is 4.40. The van der Waals surface area contributed by atoms with Gasteiger partial charge in [-0.25, -0.2) is 0 Å². The van der Waals surface area contributed by atoms with Crippen molar-refractivity contribution >= 4 is 0 Å². The van der Waals surface area contributed by atoms with Crippen molar-refractivity contribution in [3.8, 4) is 0 Å². The normalized spacial score (nSPS) is 19.3. The van der Waals surface area contributed by atoms with Crippen molar-refractivity contribution in [2.45, 2.75) is 64.0 Å². The lowest BCUT2D eigenvalue weighted by molar-refractivity contribution is -0.0193. The molecule has 1 saturated carbocycles. The zero-order valence-electron chi connectivity index (χ0n) is 13.3. The summed E-state index contributed by atoms with van der Waals surface area (Å²) in [6, 6.07) is 10.9. The highest BCUT2D eigenvalue weighted by Gasteiger charge is 2.30. The molecule has 1 fully saturated rings. The van der Waals surface area contributed by atoms with E-state index >= 15 is 0 Å². The summed E-state index contributed by atoms with van der Waals surface area (Å²) in [6.07, 6.45) is 8.95. The van der Waals surface area contributed by atoms with Gasteiger partial charge in [0.2, 0.25) is 0 Å². The maximum atomic E-state index is 6.08. The van der Waals surface area contributed by atoms with Crippen molar-refractivity contribution in [1.29, 1.82) is 0 Å². The largest absolute Gasteiger partial charge is 0.377 e. The van der Waals surface area contributed by atoms with Gasteiger partial charge in [0, 0.05) is 12.6 Å². The third-order valence-electron chi connectivity index (χ3n) is 4.67. The molecule has 21 heavy (non-hydrogen) atoms. The molecule has 1 aromatic rings. The van der Waals surface area contributed by atoms with E-state index in [0.29, 0.717) is 5.92 Å². The van der Waals surface area contributed by atoms with Crippen LogP contribution in [-0.4, -0.2) is 18.8 Å². The maximum absolute atomic E-state index is 6.08. The first-order valence-electron chi connectivity index (χ1n) is 8.46. The predicted molar refractivity (Wildman–Crippen MR) is 87.9 cm³/mol. The van der Waals surface area contributed by atoms with Crippen LogP contribution in [0.2, 0.25) is 0 Å². The summed E-state index contributed by atoms with van der Waals surface area (Å²) in [5, 5.41) is 0. The van der Waals surface area contributed by atoms with Crippen LogP contribution in [0.4, 0.5) is 0 Å². The van der Waals surface area contributed by atoms with Gasteiger partial charge in [0.25, 0.3) is 0 Å². The van der Waals surface area contributed by atoms with Gasteiger partial charge >= 0.3 is 0 Å². The van der Waals surface area contributed by atoms with Gasteiger partial charge in [0.15, 0.2) is 0 Å². The fourth-order valence-corrected chi connectivity index (χ4v) is 3.55. The number of ether oxygens (including phenoxy) is 1. The number of rotatable bonds is 8. The second-order valence-corrected chi connectivity index (χ2v) is 6.12. The number of hydrazine groups is 1. The summed E-state index contributed by atoms with van der Waals surface area (Å²) in [7, 11) is 0. The lowest BCUT2D eigenvalue weighted by atomic mass is 9.81. The average Bonchev–Trinajstić information content (AvgIpc) is 2.56. The molecule has 2 unspecified atom stereocenters. The standard InChI is InChI=1S/C18H30N2O/c1-2-21-18(16-11-7-4-8-12-16)17(20-19)14-13-15-9-5-3-6-10-15/h3,5-6,9-10,16-18,20H,2,4,7-8,11-14,19H2,1H3. The van der Waals surface area contributed by atoms with Gasteiger partial charge in [-0.2, -0.15) is 0 Å². The van der Waals surface area contributed by atoms with E-state index in [1.807, 2.05) is 0 Å². The van der Waals surface area contributed by atoms with E-state index in [0.717, 1.165) is 19.4 Å². The number of hydrogen-bond acceptors (Lipinski definition) is 3. The average molecular weight is 290 g/mol. The van der Waals surface area contributed by atoms with Crippen LogP contribution in [0.1, 0.15) is 51.0 Å². The Morgan fingerprint density at radius 1 is 1.19 bits per heavy atom. The summed E-state index contributed by atoms with van der Waals surface area (Å²) >= 11 is 0. The molecule has 3 heteroatoms. The molecule has 118 valence electrons. The number of hydrogen-bond donors (Lipinski definition) is 2. The van der Waals surface area contributed by atoms with E-state index in [4.69, 9.17) is 10.6 Å². The molecule has 1 aliphatic carbocycles. The lowest BCUT2D eigenvalue weighted by Gasteiger charge is -2.35. The van der Waals surface area contributed by atoms with Crippen LogP contribution >= 0.6 is 0 Å². The van der Waals surface area contributed by atoms with Gasteiger partial charge in [0.05, 0.1) is 6.10 Å². The van der Waals surface area contributed by atoms with Gasteiger partial charge in [-0.3, -0.25) is 11.3 Å². The van der Waals surface area contributed by atoms with Gasteiger partial charge in [-0.1, -0.05) is 49.6 Å².